The molecule has 2 aromatic rings. The van der Waals surface area contributed by atoms with E-state index in [2.05, 4.69) is 21.9 Å². The lowest BCUT2D eigenvalue weighted by Gasteiger charge is -2.33. The molecule has 0 saturated carbocycles. The molecule has 1 aromatic heterocycles. The number of rotatable bonds is 7. The van der Waals surface area contributed by atoms with Crippen LogP contribution in [0, 0.1) is 6.92 Å². The number of amides is 1. The molecule has 0 unspecified atom stereocenters. The molecule has 0 aliphatic carbocycles. The van der Waals surface area contributed by atoms with E-state index in [9.17, 15) is 4.79 Å². The number of nitrogens with zero attached hydrogens (tertiary/aromatic N) is 3. The van der Waals surface area contributed by atoms with Gasteiger partial charge in [0.2, 0.25) is 5.95 Å². The first-order valence-electron chi connectivity index (χ1n) is 12.0. The van der Waals surface area contributed by atoms with Gasteiger partial charge >= 0.3 is 6.09 Å². The topological polar surface area (TPSA) is 85.8 Å². The zero-order valence-corrected chi connectivity index (χ0v) is 23.7. The van der Waals surface area contributed by atoms with Crippen molar-refractivity contribution in [3.05, 3.63) is 51.8 Å². The number of anilines is 1. The standard InChI is InChI=1S/C27H34Cl2N4O4/c1-16(22-23(28)20(35-6)14-21(36-7)24(22)29)8-9-19-17(2)15-30-25(32-19)31-18-10-12-33(13-11-18)26(34)37-27(3,4)5/h8-9,14-15,18H,1,10-13H2,2-7H3,(H,30,31,32)/b9-8-. The van der Waals surface area contributed by atoms with E-state index in [0.29, 0.717) is 51.7 Å². The maximum Gasteiger partial charge on any atom is 0.410 e. The third-order valence-electron chi connectivity index (χ3n) is 5.83. The summed E-state index contributed by atoms with van der Waals surface area (Å²) in [4.78, 5) is 23.2. The number of methoxy groups -OCH3 is 2. The van der Waals surface area contributed by atoms with E-state index in [1.54, 1.807) is 23.2 Å². The van der Waals surface area contributed by atoms with Crippen LogP contribution in [0.2, 0.25) is 10.0 Å². The molecule has 37 heavy (non-hydrogen) atoms. The predicted molar refractivity (Wildman–Crippen MR) is 149 cm³/mol. The SMILES string of the molecule is C=C(/C=C\c1nc(NC2CCN(C(=O)OC(C)(C)C)CC2)ncc1C)c1c(Cl)c(OC)cc(OC)c1Cl. The molecule has 1 fully saturated rings. The van der Waals surface area contributed by atoms with E-state index in [0.717, 1.165) is 24.1 Å². The summed E-state index contributed by atoms with van der Waals surface area (Å²) in [5, 5.41) is 4.09. The van der Waals surface area contributed by atoms with Crippen molar-refractivity contribution in [2.75, 3.05) is 32.6 Å². The van der Waals surface area contributed by atoms with E-state index in [-0.39, 0.29) is 12.1 Å². The molecule has 1 saturated heterocycles. The van der Waals surface area contributed by atoms with Gasteiger partial charge in [0.15, 0.2) is 0 Å². The highest BCUT2D eigenvalue weighted by Gasteiger charge is 2.27. The molecule has 0 spiro atoms. The van der Waals surface area contributed by atoms with Crippen molar-refractivity contribution in [1.29, 1.82) is 0 Å². The van der Waals surface area contributed by atoms with E-state index in [1.807, 2.05) is 33.8 Å². The molecule has 1 N–H and O–H groups in total. The summed E-state index contributed by atoms with van der Waals surface area (Å²) >= 11 is 13.0. The normalized spacial score (nSPS) is 14.5. The lowest BCUT2D eigenvalue weighted by atomic mass is 10.0. The van der Waals surface area contributed by atoms with Crippen LogP contribution in [0.15, 0.2) is 24.9 Å². The Bertz CT molecular complexity index is 1160. The van der Waals surface area contributed by atoms with Crippen molar-refractivity contribution >= 4 is 46.9 Å². The summed E-state index contributed by atoms with van der Waals surface area (Å²) in [5.74, 6) is 1.40. The monoisotopic (exact) mass is 548 g/mol. The Morgan fingerprint density at radius 2 is 1.76 bits per heavy atom. The number of nitrogens with one attached hydrogen (secondary N) is 1. The molecule has 10 heteroatoms. The first-order chi connectivity index (χ1) is 17.4. The minimum absolute atomic E-state index is 0.148. The van der Waals surface area contributed by atoms with Crippen molar-refractivity contribution in [3.8, 4) is 11.5 Å². The summed E-state index contributed by atoms with van der Waals surface area (Å²) in [6.07, 6.45) is 6.67. The lowest BCUT2D eigenvalue weighted by Crippen LogP contribution is -2.44. The third kappa shape index (κ3) is 7.29. The van der Waals surface area contributed by atoms with Crippen molar-refractivity contribution in [3.63, 3.8) is 0 Å². The number of aryl methyl sites for hydroxylation is 1. The van der Waals surface area contributed by atoms with Crippen molar-refractivity contribution in [2.24, 2.45) is 0 Å². The fourth-order valence-electron chi connectivity index (χ4n) is 3.84. The number of hydrogen-bond acceptors (Lipinski definition) is 7. The minimum Gasteiger partial charge on any atom is -0.495 e. The summed E-state index contributed by atoms with van der Waals surface area (Å²) in [7, 11) is 3.05. The van der Waals surface area contributed by atoms with Crippen molar-refractivity contribution < 1.29 is 19.0 Å². The van der Waals surface area contributed by atoms with E-state index < -0.39 is 5.60 Å². The molecule has 8 nitrogen and oxygen atoms in total. The number of carbonyl (C=O) groups is 1. The Hall–Kier alpha value is -2.97. The van der Waals surface area contributed by atoms with Gasteiger partial charge in [0.05, 0.1) is 30.0 Å². The zero-order valence-electron chi connectivity index (χ0n) is 22.2. The number of ether oxygens (including phenoxy) is 3. The minimum atomic E-state index is -0.507. The van der Waals surface area contributed by atoms with Crippen LogP contribution in [0.3, 0.4) is 0 Å². The quantitative estimate of drug-likeness (QED) is 0.387. The van der Waals surface area contributed by atoms with E-state index in [1.165, 1.54) is 14.2 Å². The van der Waals surface area contributed by atoms with Gasteiger partial charge < -0.3 is 24.4 Å². The Kier molecular flexibility index (Phi) is 9.31. The maximum atomic E-state index is 12.3. The first-order valence-corrected chi connectivity index (χ1v) is 12.7. The summed E-state index contributed by atoms with van der Waals surface area (Å²) in [6.45, 7) is 12.9. The van der Waals surface area contributed by atoms with Gasteiger partial charge in [-0.1, -0.05) is 35.9 Å². The number of hydrogen-bond donors (Lipinski definition) is 1. The first kappa shape index (κ1) is 28.6. The Labute approximate surface area is 228 Å². The molecular formula is C27H34Cl2N4O4. The number of likely N-dealkylation sites (tertiary alicyclic amines) is 1. The van der Waals surface area contributed by atoms with Crippen molar-refractivity contribution in [1.82, 2.24) is 14.9 Å². The fourth-order valence-corrected chi connectivity index (χ4v) is 4.58. The van der Waals surface area contributed by atoms with Crippen LogP contribution in [-0.2, 0) is 4.74 Å². The van der Waals surface area contributed by atoms with Crippen LogP contribution < -0.4 is 14.8 Å². The number of carbonyl (C=O) groups excluding carboxylic acids is 1. The summed E-state index contributed by atoms with van der Waals surface area (Å²) in [5.41, 5.74) is 2.22. The Morgan fingerprint density at radius 1 is 1.16 bits per heavy atom. The van der Waals surface area contributed by atoms with Crippen LogP contribution in [0.25, 0.3) is 11.6 Å². The maximum absolute atomic E-state index is 12.3. The number of aromatic nitrogens is 2. The number of benzene rings is 1. The highest BCUT2D eigenvalue weighted by Crippen LogP contribution is 2.43. The molecule has 200 valence electrons. The van der Waals surface area contributed by atoms with Gasteiger partial charge in [0, 0.05) is 37.0 Å². The van der Waals surface area contributed by atoms with Gasteiger partial charge in [-0.25, -0.2) is 14.8 Å². The molecule has 1 aliphatic rings. The average Bonchev–Trinajstić information content (AvgIpc) is 2.84. The second kappa shape index (κ2) is 12.0. The average molecular weight is 549 g/mol. The molecule has 0 radical (unpaired) electrons. The van der Waals surface area contributed by atoms with Crippen LogP contribution >= 0.6 is 23.2 Å². The Morgan fingerprint density at radius 3 is 2.30 bits per heavy atom. The molecule has 0 bridgehead atoms. The second-order valence-corrected chi connectivity index (χ2v) is 10.5. The second-order valence-electron chi connectivity index (χ2n) is 9.79. The molecule has 1 amide bonds. The van der Waals surface area contributed by atoms with E-state index >= 15 is 0 Å². The lowest BCUT2D eigenvalue weighted by molar-refractivity contribution is 0.0210. The number of allylic oxidation sites excluding steroid dienone is 2. The third-order valence-corrected chi connectivity index (χ3v) is 6.58. The molecule has 2 heterocycles. The Balaban J connectivity index is 1.70. The number of piperidine rings is 1. The van der Waals surface area contributed by atoms with E-state index in [4.69, 9.17) is 37.4 Å². The van der Waals surface area contributed by atoms with Crippen LogP contribution in [0.1, 0.15) is 50.4 Å². The van der Waals surface area contributed by atoms with Gasteiger partial charge in [0.25, 0.3) is 0 Å². The van der Waals surface area contributed by atoms with Crippen LogP contribution in [0.5, 0.6) is 11.5 Å². The molecular weight excluding hydrogens is 515 g/mol. The van der Waals surface area contributed by atoms with Gasteiger partial charge in [-0.3, -0.25) is 0 Å². The highest BCUT2D eigenvalue weighted by molar-refractivity contribution is 6.39. The van der Waals surface area contributed by atoms with Gasteiger partial charge in [-0.15, -0.1) is 0 Å². The van der Waals surface area contributed by atoms with Crippen molar-refractivity contribution in [2.45, 2.75) is 52.2 Å². The molecule has 1 aromatic carbocycles. The van der Waals surface area contributed by atoms with Gasteiger partial charge in [-0.2, -0.15) is 0 Å². The van der Waals surface area contributed by atoms with Crippen LogP contribution in [-0.4, -0.2) is 59.9 Å². The number of halogens is 2. The van der Waals surface area contributed by atoms with Crippen LogP contribution in [0.4, 0.5) is 10.7 Å². The van der Waals surface area contributed by atoms with Gasteiger partial charge in [0.1, 0.15) is 17.1 Å². The summed E-state index contributed by atoms with van der Waals surface area (Å²) < 4.78 is 16.2. The highest BCUT2D eigenvalue weighted by atomic mass is 35.5. The molecule has 3 rings (SSSR count). The summed E-state index contributed by atoms with van der Waals surface area (Å²) in [6, 6.07) is 1.78. The fraction of sp³-hybridized carbons (Fsp3) is 0.444. The zero-order chi connectivity index (χ0) is 27.3. The molecule has 1 aliphatic heterocycles. The van der Waals surface area contributed by atoms with Gasteiger partial charge in [-0.05, 0) is 57.7 Å². The molecule has 0 atom stereocenters. The largest absolute Gasteiger partial charge is 0.495 e. The smallest absolute Gasteiger partial charge is 0.410 e. The predicted octanol–water partition coefficient (Wildman–Crippen LogP) is 6.65.